The van der Waals surface area contributed by atoms with Gasteiger partial charge in [0.1, 0.15) is 0 Å². The Bertz CT molecular complexity index is 371. The van der Waals surface area contributed by atoms with Crippen LogP contribution >= 0.6 is 23.2 Å². The van der Waals surface area contributed by atoms with E-state index >= 15 is 0 Å². The zero-order valence-electron chi connectivity index (χ0n) is 10.7. The number of aliphatic hydroxyl groups is 1. The van der Waals surface area contributed by atoms with Gasteiger partial charge in [-0.05, 0) is 24.1 Å². The Balaban J connectivity index is 2.75. The Kier molecular flexibility index (Phi) is 7.02. The van der Waals surface area contributed by atoms with Crippen molar-refractivity contribution in [3.63, 3.8) is 0 Å². The first-order valence-electron chi connectivity index (χ1n) is 6.43. The van der Waals surface area contributed by atoms with Crippen LogP contribution in [-0.4, -0.2) is 17.8 Å². The van der Waals surface area contributed by atoms with Gasteiger partial charge in [0, 0.05) is 22.5 Å². The summed E-state index contributed by atoms with van der Waals surface area (Å²) in [5.41, 5.74) is 6.65. The zero-order valence-corrected chi connectivity index (χ0v) is 12.2. The van der Waals surface area contributed by atoms with Crippen LogP contribution in [-0.2, 0) is 0 Å². The number of hydrogen-bond acceptors (Lipinski definition) is 2. The fourth-order valence-corrected chi connectivity index (χ4v) is 2.65. The number of rotatable bonds is 7. The average Bonchev–Trinajstić information content (AvgIpc) is 2.33. The maximum atomic E-state index is 10.2. The Morgan fingerprint density at radius 2 is 2.00 bits per heavy atom. The predicted molar refractivity (Wildman–Crippen MR) is 78.4 cm³/mol. The van der Waals surface area contributed by atoms with Gasteiger partial charge in [-0.3, -0.25) is 0 Å². The average molecular weight is 290 g/mol. The van der Waals surface area contributed by atoms with Crippen LogP contribution in [0.3, 0.4) is 0 Å². The minimum atomic E-state index is -0.444. The van der Waals surface area contributed by atoms with E-state index in [4.69, 9.17) is 28.9 Å². The van der Waals surface area contributed by atoms with E-state index in [1.54, 1.807) is 12.1 Å². The highest BCUT2D eigenvalue weighted by atomic mass is 35.5. The van der Waals surface area contributed by atoms with E-state index in [-0.39, 0.29) is 5.92 Å². The van der Waals surface area contributed by atoms with Gasteiger partial charge in [0.15, 0.2) is 0 Å². The maximum Gasteiger partial charge on any atom is 0.0621 e. The van der Waals surface area contributed by atoms with Crippen molar-refractivity contribution in [1.82, 2.24) is 0 Å². The lowest BCUT2D eigenvalue weighted by molar-refractivity contribution is 0.132. The van der Waals surface area contributed by atoms with Crippen molar-refractivity contribution in [1.29, 1.82) is 0 Å². The van der Waals surface area contributed by atoms with Gasteiger partial charge in [0.2, 0.25) is 0 Å². The third kappa shape index (κ3) is 4.43. The highest BCUT2D eigenvalue weighted by Crippen LogP contribution is 2.30. The summed E-state index contributed by atoms with van der Waals surface area (Å²) in [5.74, 6) is -0.119. The van der Waals surface area contributed by atoms with Crippen molar-refractivity contribution < 1.29 is 5.11 Å². The fraction of sp³-hybridized carbons (Fsp3) is 0.571. The number of halogens is 2. The van der Waals surface area contributed by atoms with Crippen molar-refractivity contribution in [3.05, 3.63) is 33.8 Å². The molecule has 0 bridgehead atoms. The molecule has 2 unspecified atom stereocenters. The van der Waals surface area contributed by atoms with Gasteiger partial charge in [0.05, 0.1) is 6.10 Å². The molecule has 2 atom stereocenters. The summed E-state index contributed by atoms with van der Waals surface area (Å²) in [6.07, 6.45) is 3.60. The monoisotopic (exact) mass is 289 g/mol. The number of benzene rings is 1. The minimum absolute atomic E-state index is 0.119. The molecule has 18 heavy (non-hydrogen) atoms. The predicted octanol–water partition coefficient (Wildman–Crippen LogP) is 3.98. The first-order chi connectivity index (χ1) is 8.60. The van der Waals surface area contributed by atoms with Crippen molar-refractivity contribution >= 4 is 23.2 Å². The van der Waals surface area contributed by atoms with Crippen LogP contribution in [0.1, 0.15) is 44.1 Å². The van der Waals surface area contributed by atoms with E-state index in [1.165, 1.54) is 0 Å². The topological polar surface area (TPSA) is 46.2 Å². The van der Waals surface area contributed by atoms with Crippen LogP contribution < -0.4 is 5.73 Å². The van der Waals surface area contributed by atoms with E-state index in [1.807, 2.05) is 6.07 Å². The Labute approximate surface area is 119 Å². The Hall–Kier alpha value is -0.280. The molecule has 0 saturated carbocycles. The third-order valence-corrected chi connectivity index (χ3v) is 3.75. The second-order valence-corrected chi connectivity index (χ2v) is 5.41. The molecule has 1 aromatic carbocycles. The van der Waals surface area contributed by atoms with Crippen LogP contribution in [0.5, 0.6) is 0 Å². The molecule has 4 heteroatoms. The highest BCUT2D eigenvalue weighted by Gasteiger charge is 2.21. The molecular formula is C14H21Cl2NO. The summed E-state index contributed by atoms with van der Waals surface area (Å²) in [7, 11) is 0. The molecule has 102 valence electrons. The molecule has 0 fully saturated rings. The smallest absolute Gasteiger partial charge is 0.0621 e. The molecule has 1 aromatic rings. The van der Waals surface area contributed by atoms with Gasteiger partial charge in [-0.25, -0.2) is 0 Å². The van der Waals surface area contributed by atoms with Crippen LogP contribution in [0.15, 0.2) is 18.2 Å². The first kappa shape index (κ1) is 15.8. The van der Waals surface area contributed by atoms with Gasteiger partial charge in [-0.1, -0.05) is 55.5 Å². The summed E-state index contributed by atoms with van der Waals surface area (Å²) >= 11 is 12.0. The van der Waals surface area contributed by atoms with Crippen LogP contribution in [0.2, 0.25) is 10.0 Å². The molecule has 1 rings (SSSR count). The van der Waals surface area contributed by atoms with Gasteiger partial charge in [0.25, 0.3) is 0 Å². The van der Waals surface area contributed by atoms with Crippen LogP contribution in [0.25, 0.3) is 0 Å². The highest BCUT2D eigenvalue weighted by molar-refractivity contribution is 6.35. The van der Waals surface area contributed by atoms with Gasteiger partial charge >= 0.3 is 0 Å². The van der Waals surface area contributed by atoms with Gasteiger partial charge in [-0.2, -0.15) is 0 Å². The fourth-order valence-electron chi connectivity index (χ4n) is 2.10. The van der Waals surface area contributed by atoms with Gasteiger partial charge in [-0.15, -0.1) is 0 Å². The number of aliphatic hydroxyl groups excluding tert-OH is 1. The van der Waals surface area contributed by atoms with E-state index in [9.17, 15) is 5.11 Å². The summed E-state index contributed by atoms with van der Waals surface area (Å²) in [5, 5.41) is 11.4. The molecule has 3 N–H and O–H groups in total. The van der Waals surface area contributed by atoms with Crippen molar-refractivity contribution in [2.45, 2.75) is 44.6 Å². The largest absolute Gasteiger partial charge is 0.392 e. The molecule has 0 aliphatic heterocycles. The van der Waals surface area contributed by atoms with E-state index in [0.717, 1.165) is 31.2 Å². The van der Waals surface area contributed by atoms with E-state index in [2.05, 4.69) is 6.92 Å². The summed E-state index contributed by atoms with van der Waals surface area (Å²) in [4.78, 5) is 0. The SMILES string of the molecule is CCCCCC(O)C(CN)c1ccc(Cl)cc1Cl. The summed E-state index contributed by atoms with van der Waals surface area (Å²) in [6.45, 7) is 2.53. The number of unbranched alkanes of at least 4 members (excludes halogenated alkanes) is 2. The normalized spacial score (nSPS) is 14.5. The molecule has 0 aromatic heterocycles. The lowest BCUT2D eigenvalue weighted by Gasteiger charge is -2.23. The van der Waals surface area contributed by atoms with Crippen molar-refractivity contribution in [2.24, 2.45) is 5.73 Å². The molecule has 0 saturated heterocycles. The Morgan fingerprint density at radius 3 is 2.56 bits per heavy atom. The van der Waals surface area contributed by atoms with E-state index < -0.39 is 6.10 Å². The quantitative estimate of drug-likeness (QED) is 0.746. The molecule has 0 radical (unpaired) electrons. The summed E-state index contributed by atoms with van der Waals surface area (Å²) in [6, 6.07) is 5.33. The molecule has 0 aliphatic rings. The molecule has 2 nitrogen and oxygen atoms in total. The van der Waals surface area contributed by atoms with Crippen LogP contribution in [0.4, 0.5) is 0 Å². The Morgan fingerprint density at radius 1 is 1.28 bits per heavy atom. The minimum Gasteiger partial charge on any atom is -0.392 e. The van der Waals surface area contributed by atoms with Gasteiger partial charge < -0.3 is 10.8 Å². The molecule has 0 amide bonds. The number of hydrogen-bond donors (Lipinski definition) is 2. The van der Waals surface area contributed by atoms with E-state index in [0.29, 0.717) is 16.6 Å². The lowest BCUT2D eigenvalue weighted by Crippen LogP contribution is -2.26. The van der Waals surface area contributed by atoms with Crippen molar-refractivity contribution in [2.75, 3.05) is 6.54 Å². The molecule has 0 spiro atoms. The first-order valence-corrected chi connectivity index (χ1v) is 7.18. The summed E-state index contributed by atoms with van der Waals surface area (Å²) < 4.78 is 0. The second kappa shape index (κ2) is 8.00. The van der Waals surface area contributed by atoms with Crippen molar-refractivity contribution in [3.8, 4) is 0 Å². The molecule has 0 heterocycles. The lowest BCUT2D eigenvalue weighted by atomic mass is 9.90. The zero-order chi connectivity index (χ0) is 13.5. The maximum absolute atomic E-state index is 10.2. The number of nitrogens with two attached hydrogens (primary N) is 1. The standard InChI is InChI=1S/C14H21Cl2NO/c1-2-3-4-5-14(18)12(9-17)11-7-6-10(15)8-13(11)16/h6-8,12,14,18H,2-5,9,17H2,1H3. The third-order valence-electron chi connectivity index (χ3n) is 3.18. The second-order valence-electron chi connectivity index (χ2n) is 4.57. The molecule has 0 aliphatic carbocycles. The molecular weight excluding hydrogens is 269 g/mol. The van der Waals surface area contributed by atoms with Crippen LogP contribution in [0, 0.1) is 0 Å².